The van der Waals surface area contributed by atoms with Crippen molar-refractivity contribution in [2.75, 3.05) is 0 Å². The molecule has 7 nitrogen and oxygen atoms in total. The minimum absolute atomic E-state index is 0.0177. The molecule has 0 spiro atoms. The number of nitrogens with zero attached hydrogens (tertiary/aromatic N) is 5. The first kappa shape index (κ1) is 16.2. The molecule has 138 valence electrons. The van der Waals surface area contributed by atoms with Crippen molar-refractivity contribution in [1.29, 1.82) is 0 Å². The number of fused-ring (bicyclic) bond motifs is 3. The summed E-state index contributed by atoms with van der Waals surface area (Å²) >= 11 is 0. The van der Waals surface area contributed by atoms with Gasteiger partial charge in [0.15, 0.2) is 0 Å². The molecule has 0 bridgehead atoms. The number of hydrogen-bond donors (Lipinski definition) is 0. The molecule has 2 atom stereocenters. The molecule has 1 aliphatic rings. The fourth-order valence-corrected chi connectivity index (χ4v) is 4.09. The molecule has 2 unspecified atom stereocenters. The van der Waals surface area contributed by atoms with E-state index in [1.165, 1.54) is 0 Å². The number of benzene rings is 1. The van der Waals surface area contributed by atoms with E-state index in [0.29, 0.717) is 40.7 Å². The molecule has 1 aliphatic carbocycles. The first-order valence-electron chi connectivity index (χ1n) is 9.33. The van der Waals surface area contributed by atoms with Crippen molar-refractivity contribution in [1.82, 2.24) is 24.1 Å². The van der Waals surface area contributed by atoms with Gasteiger partial charge in [-0.15, -0.1) is 0 Å². The maximum atomic E-state index is 13.3. The predicted octanol–water partition coefficient (Wildman–Crippen LogP) is 3.65. The van der Waals surface area contributed by atoms with Gasteiger partial charge in [-0.25, -0.2) is 4.98 Å². The van der Waals surface area contributed by atoms with Crippen LogP contribution in [0.4, 0.5) is 0 Å². The molecular formula is C20H21N5O2. The van der Waals surface area contributed by atoms with Gasteiger partial charge >= 0.3 is 0 Å². The molecule has 7 heteroatoms. The van der Waals surface area contributed by atoms with Crippen LogP contribution >= 0.6 is 0 Å². The van der Waals surface area contributed by atoms with Gasteiger partial charge < -0.3 is 9.09 Å². The quantitative estimate of drug-likeness (QED) is 0.555. The third-order valence-corrected chi connectivity index (χ3v) is 5.87. The largest absolute Gasteiger partial charge is 0.339 e. The summed E-state index contributed by atoms with van der Waals surface area (Å²) in [5.74, 6) is 2.39. The van der Waals surface area contributed by atoms with Crippen LogP contribution in [0.3, 0.4) is 0 Å². The fourth-order valence-electron chi connectivity index (χ4n) is 4.09. The Kier molecular flexibility index (Phi) is 3.32. The number of hydrogen-bond acceptors (Lipinski definition) is 5. The van der Waals surface area contributed by atoms with E-state index >= 15 is 0 Å². The molecule has 0 aliphatic heterocycles. The number of para-hydroxylation sites is 2. The van der Waals surface area contributed by atoms with Crippen molar-refractivity contribution in [3.8, 4) is 11.5 Å². The molecule has 1 fully saturated rings. The summed E-state index contributed by atoms with van der Waals surface area (Å²) in [6.45, 7) is 8.36. The lowest BCUT2D eigenvalue weighted by molar-refractivity contribution is 0.374. The second-order valence-corrected chi connectivity index (χ2v) is 7.77. The van der Waals surface area contributed by atoms with Gasteiger partial charge in [-0.2, -0.15) is 4.98 Å². The Hall–Kier alpha value is -2.96. The average Bonchev–Trinajstić information content (AvgIpc) is 3.05. The molecule has 27 heavy (non-hydrogen) atoms. The van der Waals surface area contributed by atoms with Crippen LogP contribution in [-0.4, -0.2) is 24.1 Å². The van der Waals surface area contributed by atoms with Gasteiger partial charge in [-0.1, -0.05) is 31.1 Å². The van der Waals surface area contributed by atoms with E-state index in [0.717, 1.165) is 11.0 Å². The van der Waals surface area contributed by atoms with E-state index in [1.54, 1.807) is 10.9 Å². The molecular weight excluding hydrogens is 342 g/mol. The van der Waals surface area contributed by atoms with Crippen molar-refractivity contribution >= 4 is 16.6 Å². The zero-order chi connectivity index (χ0) is 18.9. The zero-order valence-electron chi connectivity index (χ0n) is 15.7. The molecule has 0 saturated heterocycles. The summed E-state index contributed by atoms with van der Waals surface area (Å²) in [5, 5.41) is 4.12. The molecule has 3 heterocycles. The minimum Gasteiger partial charge on any atom is -0.339 e. The highest BCUT2D eigenvalue weighted by molar-refractivity contribution is 5.83. The Labute approximate surface area is 155 Å². The van der Waals surface area contributed by atoms with Gasteiger partial charge in [-0.3, -0.25) is 9.20 Å². The van der Waals surface area contributed by atoms with Crippen LogP contribution in [-0.2, 0) is 0 Å². The molecule has 1 aromatic carbocycles. The Bertz CT molecular complexity index is 1220. The molecule has 5 rings (SSSR count). The van der Waals surface area contributed by atoms with Crippen LogP contribution in [0.5, 0.6) is 0 Å². The maximum Gasteiger partial charge on any atom is 0.278 e. The minimum atomic E-state index is -0.101. The Morgan fingerprint density at radius 1 is 1.11 bits per heavy atom. The number of aromatic nitrogens is 5. The maximum absolute atomic E-state index is 13.3. The molecule has 0 N–H and O–H groups in total. The highest BCUT2D eigenvalue weighted by Gasteiger charge is 2.48. The fraction of sp³-hybridized carbons (Fsp3) is 0.400. The van der Waals surface area contributed by atoms with E-state index in [-0.39, 0.29) is 11.6 Å². The molecule has 4 aromatic rings. The Balaban J connectivity index is 1.77. The number of imidazole rings is 1. The third kappa shape index (κ3) is 2.20. The van der Waals surface area contributed by atoms with Crippen LogP contribution in [0, 0.1) is 11.8 Å². The summed E-state index contributed by atoms with van der Waals surface area (Å²) in [6, 6.07) is 7.86. The molecule has 0 radical (unpaired) electrons. The van der Waals surface area contributed by atoms with Gasteiger partial charge in [-0.05, 0) is 37.8 Å². The summed E-state index contributed by atoms with van der Waals surface area (Å²) < 4.78 is 9.11. The SMILES string of the molecule is CC1C(C)C1c1nc(-c2ncn3c2c(=O)n(C(C)C)c2ccccc23)no1. The van der Waals surface area contributed by atoms with Crippen molar-refractivity contribution in [3.05, 3.63) is 46.8 Å². The predicted molar refractivity (Wildman–Crippen MR) is 102 cm³/mol. The lowest BCUT2D eigenvalue weighted by atomic mass is 10.2. The standard InChI is InChI=1S/C20H21N5O2/c1-10(2)25-14-8-6-5-7-13(14)24-9-21-16(17(24)20(25)26)18-22-19(27-23-18)15-11(3)12(15)4/h5-12,15H,1-4H3. The second-order valence-electron chi connectivity index (χ2n) is 7.77. The van der Waals surface area contributed by atoms with Crippen LogP contribution in [0.1, 0.15) is 45.5 Å². The van der Waals surface area contributed by atoms with Gasteiger partial charge in [0, 0.05) is 12.0 Å². The lowest BCUT2D eigenvalue weighted by Gasteiger charge is -2.15. The molecule has 0 amide bonds. The van der Waals surface area contributed by atoms with Crippen LogP contribution in [0.2, 0.25) is 0 Å². The zero-order valence-corrected chi connectivity index (χ0v) is 15.7. The lowest BCUT2D eigenvalue weighted by Crippen LogP contribution is -2.24. The summed E-state index contributed by atoms with van der Waals surface area (Å²) in [4.78, 5) is 22.3. The smallest absolute Gasteiger partial charge is 0.278 e. The Morgan fingerprint density at radius 2 is 1.81 bits per heavy atom. The van der Waals surface area contributed by atoms with E-state index in [1.807, 2.05) is 42.5 Å². The second kappa shape index (κ2) is 5.52. The molecule has 1 saturated carbocycles. The first-order valence-corrected chi connectivity index (χ1v) is 9.33. The average molecular weight is 363 g/mol. The highest BCUT2D eigenvalue weighted by atomic mass is 16.5. The topological polar surface area (TPSA) is 78.2 Å². The van der Waals surface area contributed by atoms with Crippen LogP contribution in [0.15, 0.2) is 39.9 Å². The normalized spacial score (nSPS) is 22.2. The number of rotatable bonds is 3. The van der Waals surface area contributed by atoms with E-state index < -0.39 is 0 Å². The van der Waals surface area contributed by atoms with Crippen molar-refractivity contribution < 1.29 is 4.52 Å². The van der Waals surface area contributed by atoms with Gasteiger partial charge in [0.05, 0.1) is 11.0 Å². The molecule has 3 aromatic heterocycles. The van der Waals surface area contributed by atoms with Gasteiger partial charge in [0.2, 0.25) is 11.7 Å². The van der Waals surface area contributed by atoms with E-state index in [2.05, 4.69) is 29.0 Å². The van der Waals surface area contributed by atoms with Crippen LogP contribution < -0.4 is 5.56 Å². The Morgan fingerprint density at radius 3 is 2.48 bits per heavy atom. The highest BCUT2D eigenvalue weighted by Crippen LogP contribution is 2.52. The summed E-state index contributed by atoms with van der Waals surface area (Å²) in [7, 11) is 0. The summed E-state index contributed by atoms with van der Waals surface area (Å²) in [5.41, 5.74) is 2.65. The van der Waals surface area contributed by atoms with Crippen LogP contribution in [0.25, 0.3) is 28.1 Å². The summed E-state index contributed by atoms with van der Waals surface area (Å²) in [6.07, 6.45) is 1.66. The van der Waals surface area contributed by atoms with Gasteiger partial charge in [0.25, 0.3) is 5.56 Å². The van der Waals surface area contributed by atoms with Gasteiger partial charge in [0.1, 0.15) is 17.5 Å². The van der Waals surface area contributed by atoms with E-state index in [4.69, 9.17) is 4.52 Å². The van der Waals surface area contributed by atoms with Crippen molar-refractivity contribution in [2.24, 2.45) is 11.8 Å². The monoisotopic (exact) mass is 363 g/mol. The van der Waals surface area contributed by atoms with Crippen molar-refractivity contribution in [2.45, 2.75) is 39.7 Å². The van der Waals surface area contributed by atoms with E-state index in [9.17, 15) is 4.79 Å². The third-order valence-electron chi connectivity index (χ3n) is 5.87. The first-order chi connectivity index (χ1) is 13.0. The van der Waals surface area contributed by atoms with Crippen molar-refractivity contribution in [3.63, 3.8) is 0 Å².